The first kappa shape index (κ1) is 28.3. The highest BCUT2D eigenvalue weighted by Gasteiger charge is 2.26. The summed E-state index contributed by atoms with van der Waals surface area (Å²) >= 11 is 3.44. The highest BCUT2D eigenvalue weighted by atomic mass is 79.9. The van der Waals surface area contributed by atoms with E-state index in [0.29, 0.717) is 42.3 Å². The van der Waals surface area contributed by atoms with E-state index in [1.807, 2.05) is 63.2 Å². The molecule has 3 aromatic rings. The van der Waals surface area contributed by atoms with Gasteiger partial charge in [0.05, 0.1) is 20.8 Å². The minimum absolute atomic E-state index is 0.0218. The number of amides is 2. The van der Waals surface area contributed by atoms with Crippen LogP contribution >= 0.6 is 15.9 Å². The van der Waals surface area contributed by atoms with E-state index in [4.69, 9.17) is 13.9 Å². The minimum Gasteiger partial charge on any atom is -0.493 e. The van der Waals surface area contributed by atoms with Crippen LogP contribution < -0.4 is 9.47 Å². The smallest absolute Gasteiger partial charge is 0.254 e. The normalized spacial score (nSPS) is 11.6. The van der Waals surface area contributed by atoms with Crippen molar-refractivity contribution in [2.24, 2.45) is 0 Å². The molecule has 1 atom stereocenters. The van der Waals surface area contributed by atoms with Crippen LogP contribution in [0.25, 0.3) is 0 Å². The molecule has 1 unspecified atom stereocenters. The average molecular weight is 572 g/mol. The lowest BCUT2D eigenvalue weighted by Crippen LogP contribution is -2.46. The number of carbonyl (C=O) groups excluding carboxylic acids is 2. The Balaban J connectivity index is 1.82. The van der Waals surface area contributed by atoms with Gasteiger partial charge in [0.25, 0.3) is 5.91 Å². The van der Waals surface area contributed by atoms with Crippen LogP contribution in [0, 0.1) is 6.92 Å². The fraction of sp³-hybridized carbons (Fsp3) is 0.379. The minimum atomic E-state index is -0.169. The van der Waals surface area contributed by atoms with E-state index in [-0.39, 0.29) is 24.4 Å². The second-order valence-electron chi connectivity index (χ2n) is 8.97. The number of halogens is 1. The molecule has 7 nitrogen and oxygen atoms in total. The molecule has 0 fully saturated rings. The van der Waals surface area contributed by atoms with Gasteiger partial charge >= 0.3 is 0 Å². The zero-order chi connectivity index (χ0) is 26.9. The van der Waals surface area contributed by atoms with E-state index in [2.05, 4.69) is 15.9 Å². The molecule has 0 saturated heterocycles. The molecular weight excluding hydrogens is 536 g/mol. The highest BCUT2D eigenvalue weighted by molar-refractivity contribution is 9.10. The van der Waals surface area contributed by atoms with Gasteiger partial charge in [0.15, 0.2) is 11.5 Å². The summed E-state index contributed by atoms with van der Waals surface area (Å²) in [5.41, 5.74) is 1.55. The Labute approximate surface area is 227 Å². The lowest BCUT2D eigenvalue weighted by atomic mass is 10.1. The van der Waals surface area contributed by atoms with Gasteiger partial charge in [-0.15, -0.1) is 0 Å². The fourth-order valence-corrected chi connectivity index (χ4v) is 4.43. The Morgan fingerprint density at radius 2 is 1.78 bits per heavy atom. The Morgan fingerprint density at radius 1 is 1.03 bits per heavy atom. The molecule has 0 aliphatic heterocycles. The van der Waals surface area contributed by atoms with E-state index >= 15 is 0 Å². The topological polar surface area (TPSA) is 72.2 Å². The zero-order valence-electron chi connectivity index (χ0n) is 22.1. The largest absolute Gasteiger partial charge is 0.493 e. The molecule has 0 spiro atoms. The third-order valence-corrected chi connectivity index (χ3v) is 6.87. The van der Waals surface area contributed by atoms with Crippen LogP contribution in [0.2, 0.25) is 0 Å². The van der Waals surface area contributed by atoms with Crippen molar-refractivity contribution in [1.29, 1.82) is 0 Å². The van der Waals surface area contributed by atoms with Crippen LogP contribution in [-0.4, -0.2) is 55.0 Å². The van der Waals surface area contributed by atoms with Crippen molar-refractivity contribution in [2.45, 2.75) is 46.2 Å². The first-order chi connectivity index (χ1) is 17.7. The number of methoxy groups -OCH3 is 2. The summed E-state index contributed by atoms with van der Waals surface area (Å²) in [4.78, 5) is 30.5. The summed E-state index contributed by atoms with van der Waals surface area (Å²) in [6.07, 6.45) is 1.34. The van der Waals surface area contributed by atoms with Gasteiger partial charge in [-0.25, -0.2) is 0 Å². The van der Waals surface area contributed by atoms with Crippen molar-refractivity contribution in [2.75, 3.05) is 27.3 Å². The molecule has 2 amide bonds. The van der Waals surface area contributed by atoms with Gasteiger partial charge in [0.2, 0.25) is 5.91 Å². The number of benzene rings is 2. The molecule has 1 aromatic heterocycles. The Kier molecular flexibility index (Phi) is 10.2. The lowest BCUT2D eigenvalue weighted by Gasteiger charge is -2.31. The van der Waals surface area contributed by atoms with Crippen LogP contribution in [0.1, 0.15) is 47.7 Å². The van der Waals surface area contributed by atoms with E-state index in [1.54, 1.807) is 36.2 Å². The van der Waals surface area contributed by atoms with Crippen LogP contribution in [0.3, 0.4) is 0 Å². The lowest BCUT2D eigenvalue weighted by molar-refractivity contribution is -0.133. The van der Waals surface area contributed by atoms with Gasteiger partial charge in [-0.2, -0.15) is 0 Å². The Morgan fingerprint density at radius 3 is 2.41 bits per heavy atom. The second kappa shape index (κ2) is 13.3. The molecule has 1 heterocycles. The van der Waals surface area contributed by atoms with E-state index < -0.39 is 0 Å². The maximum atomic E-state index is 13.7. The Hall–Kier alpha value is -3.26. The monoisotopic (exact) mass is 570 g/mol. The SMILES string of the molecule is CCC(C)N(CC(=O)N(CCc1ccc(OC)c(OC)c1)Cc1ccc(C)o1)C(=O)c1cccc(Br)c1. The molecule has 0 aliphatic rings. The summed E-state index contributed by atoms with van der Waals surface area (Å²) < 4.78 is 17.4. The van der Waals surface area contributed by atoms with Crippen LogP contribution in [0.4, 0.5) is 0 Å². The highest BCUT2D eigenvalue weighted by Crippen LogP contribution is 2.28. The molecule has 0 bridgehead atoms. The quantitative estimate of drug-likeness (QED) is 0.272. The van der Waals surface area contributed by atoms with Crippen molar-refractivity contribution in [3.63, 3.8) is 0 Å². The molecule has 3 rings (SSSR count). The van der Waals surface area contributed by atoms with Crippen molar-refractivity contribution in [3.8, 4) is 11.5 Å². The number of hydrogen-bond acceptors (Lipinski definition) is 5. The van der Waals surface area contributed by atoms with Crippen molar-refractivity contribution in [3.05, 3.63) is 81.7 Å². The van der Waals surface area contributed by atoms with Crippen LogP contribution in [0.15, 0.2) is 63.5 Å². The number of furan rings is 1. The summed E-state index contributed by atoms with van der Waals surface area (Å²) in [5.74, 6) is 2.47. The van der Waals surface area contributed by atoms with Crippen LogP contribution in [-0.2, 0) is 17.8 Å². The van der Waals surface area contributed by atoms with E-state index in [0.717, 1.165) is 22.2 Å². The molecule has 0 saturated carbocycles. The number of ether oxygens (including phenoxy) is 2. The summed E-state index contributed by atoms with van der Waals surface area (Å²) in [7, 11) is 3.20. The number of carbonyl (C=O) groups is 2. The van der Waals surface area contributed by atoms with Crippen LogP contribution in [0.5, 0.6) is 11.5 Å². The average Bonchev–Trinajstić information content (AvgIpc) is 3.32. The van der Waals surface area contributed by atoms with E-state index in [9.17, 15) is 9.59 Å². The molecule has 2 aromatic carbocycles. The fourth-order valence-electron chi connectivity index (χ4n) is 4.03. The van der Waals surface area contributed by atoms with E-state index in [1.165, 1.54) is 0 Å². The maximum Gasteiger partial charge on any atom is 0.254 e. The van der Waals surface area contributed by atoms with Crippen molar-refractivity contribution < 1.29 is 23.5 Å². The standard InChI is InChI=1S/C29H35BrN2O5/c1-6-20(2)32(29(34)23-8-7-9-24(30)17-23)19-28(33)31(18-25-12-10-21(3)37-25)15-14-22-11-13-26(35-4)27(16-22)36-5/h7-13,16-17,20H,6,14-15,18-19H2,1-5H3. The van der Waals surface area contributed by atoms with Gasteiger partial charge in [-0.1, -0.05) is 35.0 Å². The summed E-state index contributed by atoms with van der Waals surface area (Å²) in [5, 5.41) is 0. The third-order valence-electron chi connectivity index (χ3n) is 6.37. The number of rotatable bonds is 12. The number of aryl methyl sites for hydroxylation is 1. The number of hydrogen-bond donors (Lipinski definition) is 0. The molecule has 198 valence electrons. The molecule has 37 heavy (non-hydrogen) atoms. The second-order valence-corrected chi connectivity index (χ2v) is 9.88. The molecule has 0 aliphatic carbocycles. The third kappa shape index (κ3) is 7.61. The first-order valence-electron chi connectivity index (χ1n) is 12.4. The Bertz CT molecular complexity index is 1210. The first-order valence-corrected chi connectivity index (χ1v) is 13.2. The van der Waals surface area contributed by atoms with Gasteiger partial charge in [-0.05, 0) is 74.7 Å². The predicted molar refractivity (Wildman–Crippen MR) is 147 cm³/mol. The molecular formula is C29H35BrN2O5. The number of nitrogens with zero attached hydrogens (tertiary/aromatic N) is 2. The predicted octanol–water partition coefficient (Wildman–Crippen LogP) is 5.88. The zero-order valence-corrected chi connectivity index (χ0v) is 23.7. The molecule has 0 radical (unpaired) electrons. The van der Waals surface area contributed by atoms with Crippen molar-refractivity contribution in [1.82, 2.24) is 9.80 Å². The maximum absolute atomic E-state index is 13.7. The van der Waals surface area contributed by atoms with Gasteiger partial charge < -0.3 is 23.7 Å². The molecule has 8 heteroatoms. The van der Waals surface area contributed by atoms with Gasteiger partial charge in [0, 0.05) is 22.6 Å². The summed E-state index contributed by atoms with van der Waals surface area (Å²) in [6.45, 7) is 6.60. The summed E-state index contributed by atoms with van der Waals surface area (Å²) in [6, 6.07) is 16.6. The molecule has 0 N–H and O–H groups in total. The van der Waals surface area contributed by atoms with Crippen molar-refractivity contribution >= 4 is 27.7 Å². The van der Waals surface area contributed by atoms with Gasteiger partial charge in [0.1, 0.15) is 18.1 Å². The van der Waals surface area contributed by atoms with Gasteiger partial charge in [-0.3, -0.25) is 9.59 Å².